The summed E-state index contributed by atoms with van der Waals surface area (Å²) in [5, 5.41) is 2.58. The van der Waals surface area contributed by atoms with E-state index in [9.17, 15) is 0 Å². The minimum atomic E-state index is 0.907. The van der Waals surface area contributed by atoms with Crippen LogP contribution < -0.4 is 10.4 Å². The van der Waals surface area contributed by atoms with Crippen molar-refractivity contribution < 1.29 is 0 Å². The van der Waals surface area contributed by atoms with Gasteiger partial charge in [0.2, 0.25) is 0 Å². The topological polar surface area (TPSA) is 0 Å². The van der Waals surface area contributed by atoms with Gasteiger partial charge in [0.15, 0.2) is 0 Å². The van der Waals surface area contributed by atoms with Crippen molar-refractivity contribution in [2.75, 3.05) is 0 Å². The van der Waals surface area contributed by atoms with Crippen LogP contribution in [0.1, 0.15) is 172 Å². The van der Waals surface area contributed by atoms with Crippen LogP contribution in [0.15, 0.2) is 95.1 Å². The Morgan fingerprint density at radius 1 is 0.321 bits per heavy atom. The zero-order valence-electron chi connectivity index (χ0n) is 33.2. The smallest absolute Gasteiger partial charge is 0.0184 e. The van der Waals surface area contributed by atoms with E-state index < -0.39 is 0 Å². The predicted molar refractivity (Wildman–Crippen MR) is 232 cm³/mol. The summed E-state index contributed by atoms with van der Waals surface area (Å²) in [5.41, 5.74) is 8.88. The first kappa shape index (κ1) is 38.2. The summed E-state index contributed by atoms with van der Waals surface area (Å²) < 4.78 is 0. The van der Waals surface area contributed by atoms with Gasteiger partial charge in [-0.25, -0.2) is 0 Å². The van der Waals surface area contributed by atoms with Crippen molar-refractivity contribution in [1.29, 1.82) is 0 Å². The molecular weight excluding hydrogens is 637 g/mol. The Kier molecular flexibility index (Phi) is 14.8. The Hall–Kier alpha value is -3.12. The molecule has 0 heteroatoms. The maximum Gasteiger partial charge on any atom is -0.0184 e. The molecule has 0 saturated heterocycles. The summed E-state index contributed by atoms with van der Waals surface area (Å²) in [6, 6.07) is 13.9. The molecule has 0 amide bonds. The van der Waals surface area contributed by atoms with Gasteiger partial charge < -0.3 is 0 Å². The number of fused-ring (bicyclic) bond motifs is 5. The molecule has 0 bridgehead atoms. The lowest BCUT2D eigenvalue weighted by molar-refractivity contribution is 0.241. The summed E-state index contributed by atoms with van der Waals surface area (Å²) >= 11 is 0. The summed E-state index contributed by atoms with van der Waals surface area (Å²) in [6.07, 6.45) is 59.1. The summed E-state index contributed by atoms with van der Waals surface area (Å²) in [5.74, 6) is 3.70. The van der Waals surface area contributed by atoms with Crippen molar-refractivity contribution in [3.63, 3.8) is 0 Å². The Balaban J connectivity index is 1.16. The van der Waals surface area contributed by atoms with E-state index in [0.29, 0.717) is 0 Å². The lowest BCUT2D eigenvalue weighted by atomic mass is 9.78. The van der Waals surface area contributed by atoms with Crippen molar-refractivity contribution in [2.45, 2.75) is 161 Å². The fourth-order valence-electron chi connectivity index (χ4n) is 10.9. The molecule has 3 saturated carbocycles. The highest BCUT2D eigenvalue weighted by Crippen LogP contribution is 2.39. The average Bonchev–Trinajstić information content (AvgIpc) is 3.44. The summed E-state index contributed by atoms with van der Waals surface area (Å²) in [7, 11) is 0. The lowest BCUT2D eigenvalue weighted by Crippen LogP contribution is -2.16. The van der Waals surface area contributed by atoms with Gasteiger partial charge in [0.05, 0.1) is 0 Å². The first-order valence-corrected chi connectivity index (χ1v) is 22.6. The minimum absolute atomic E-state index is 0.907. The van der Waals surface area contributed by atoms with E-state index in [1.54, 1.807) is 22.3 Å². The molecule has 0 N–H and O–H groups in total. The van der Waals surface area contributed by atoms with Gasteiger partial charge in [-0.2, -0.15) is 0 Å². The number of allylic oxidation sites excluding steroid dienone is 10. The van der Waals surface area contributed by atoms with Crippen LogP contribution in [-0.4, -0.2) is 0 Å². The molecule has 0 nitrogen and oxygen atoms in total. The molecule has 3 fully saturated rings. The van der Waals surface area contributed by atoms with Crippen molar-refractivity contribution in [3.8, 4) is 0 Å². The fourth-order valence-corrected chi connectivity index (χ4v) is 10.9. The zero-order valence-corrected chi connectivity index (χ0v) is 33.2. The maximum absolute atomic E-state index is 2.50. The molecule has 1 aromatic carbocycles. The van der Waals surface area contributed by atoms with Crippen molar-refractivity contribution in [2.24, 2.45) is 23.7 Å². The second kappa shape index (κ2) is 20.5. The normalized spacial score (nSPS) is 27.5. The van der Waals surface area contributed by atoms with E-state index in [0.717, 1.165) is 23.7 Å². The van der Waals surface area contributed by atoms with Crippen LogP contribution >= 0.6 is 0 Å². The van der Waals surface area contributed by atoms with E-state index in [1.807, 2.05) is 0 Å². The van der Waals surface area contributed by atoms with E-state index in [-0.39, 0.29) is 0 Å². The molecule has 0 aliphatic heterocycles. The maximum atomic E-state index is 2.50. The van der Waals surface area contributed by atoms with Crippen molar-refractivity contribution in [1.82, 2.24) is 0 Å². The molecule has 1 aromatic rings. The van der Waals surface area contributed by atoms with Gasteiger partial charge in [-0.3, -0.25) is 0 Å². The van der Waals surface area contributed by atoms with Crippen LogP contribution in [0.4, 0.5) is 0 Å². The second-order valence-corrected chi connectivity index (χ2v) is 17.6. The van der Waals surface area contributed by atoms with Crippen LogP contribution in [0.5, 0.6) is 0 Å². The number of hydrogen-bond acceptors (Lipinski definition) is 0. The van der Waals surface area contributed by atoms with E-state index in [4.69, 9.17) is 0 Å². The van der Waals surface area contributed by atoms with Gasteiger partial charge in [-0.1, -0.05) is 193 Å². The summed E-state index contributed by atoms with van der Waals surface area (Å²) in [4.78, 5) is 0. The van der Waals surface area contributed by atoms with Gasteiger partial charge in [-0.05, 0) is 132 Å². The highest BCUT2D eigenvalue weighted by atomic mass is 14.3. The van der Waals surface area contributed by atoms with Gasteiger partial charge in [-0.15, -0.1) is 0 Å². The minimum Gasteiger partial charge on any atom is -0.0614 e. The third-order valence-corrected chi connectivity index (χ3v) is 14.2. The van der Waals surface area contributed by atoms with Gasteiger partial charge in [0, 0.05) is 0 Å². The molecule has 6 aliphatic rings. The Morgan fingerprint density at radius 3 is 1.49 bits per heavy atom. The van der Waals surface area contributed by atoms with Crippen LogP contribution in [0, 0.1) is 23.7 Å². The van der Waals surface area contributed by atoms with Crippen molar-refractivity contribution in [3.05, 3.63) is 117 Å². The van der Waals surface area contributed by atoms with Crippen molar-refractivity contribution >= 4 is 24.3 Å². The molecule has 4 unspecified atom stereocenters. The van der Waals surface area contributed by atoms with E-state index in [1.165, 1.54) is 182 Å². The molecule has 0 aromatic heterocycles. The molecule has 0 radical (unpaired) electrons. The first-order chi connectivity index (χ1) is 26.3. The van der Waals surface area contributed by atoms with Crippen LogP contribution in [-0.2, 0) is 0 Å². The van der Waals surface area contributed by atoms with Gasteiger partial charge in [0.25, 0.3) is 0 Å². The van der Waals surface area contributed by atoms with E-state index in [2.05, 4.69) is 97.2 Å². The molecule has 282 valence electrons. The average molecular weight is 707 g/mol. The standard InChI is InChI=1S/C53H70/c1-2-5-10-20-48-34-38-52-40-36-50-32-17-33-51-37-41-53-39-35-49-21-11-7-3-6-9-19-43(49)23-13-29-47(53)31-16-27-45(51)25-14-24-44(50)26-15-30-46(52)28-12-22-42(48)18-8-4-1/h14-17,24-27,30-33,36-37,40-43,48-49H,1-13,18-23,28-29,34-35,38-39H2. The highest BCUT2D eigenvalue weighted by Gasteiger charge is 2.25. The fraction of sp³-hybridized carbons (Fsp3) is 0.547. The molecule has 0 heterocycles. The first-order valence-electron chi connectivity index (χ1n) is 22.6. The quantitative estimate of drug-likeness (QED) is 0.252. The predicted octanol–water partition coefficient (Wildman–Crippen LogP) is 14.4. The molecule has 4 atom stereocenters. The molecular formula is C53H70. The Bertz CT molecular complexity index is 1730. The highest BCUT2D eigenvalue weighted by molar-refractivity contribution is 5.61. The SMILES string of the molecule is C1=CC2=C(C=Cc3cccc4c(cccc3=C1)C=CC=C1CCCC3CCCCCCCC3CCC1=CC=4)CCC1CCCCCCCCC1CCC2. The molecule has 6 aliphatic carbocycles. The Morgan fingerprint density at radius 2 is 0.811 bits per heavy atom. The van der Waals surface area contributed by atoms with Crippen LogP contribution in [0.2, 0.25) is 0 Å². The van der Waals surface area contributed by atoms with Crippen LogP contribution in [0.25, 0.3) is 24.3 Å². The van der Waals surface area contributed by atoms with Crippen LogP contribution in [0.3, 0.4) is 0 Å². The van der Waals surface area contributed by atoms with E-state index >= 15 is 0 Å². The van der Waals surface area contributed by atoms with Gasteiger partial charge in [0.1, 0.15) is 0 Å². The number of rotatable bonds is 0. The largest absolute Gasteiger partial charge is 0.0614 e. The molecule has 0 spiro atoms. The second-order valence-electron chi connectivity index (χ2n) is 17.6. The summed E-state index contributed by atoms with van der Waals surface area (Å²) in [6.45, 7) is 0. The molecule has 7 rings (SSSR count). The lowest BCUT2D eigenvalue weighted by Gasteiger charge is -2.28. The third-order valence-electron chi connectivity index (χ3n) is 14.2. The third kappa shape index (κ3) is 11.2. The zero-order chi connectivity index (χ0) is 35.9. The number of hydrogen-bond donors (Lipinski definition) is 0. The monoisotopic (exact) mass is 707 g/mol. The van der Waals surface area contributed by atoms with Gasteiger partial charge >= 0.3 is 0 Å². The molecule has 53 heavy (non-hydrogen) atoms. The Labute approximate surface area is 324 Å².